The minimum atomic E-state index is 0.0259. The molecule has 2 saturated heterocycles. The molecule has 0 spiro atoms. The smallest absolute Gasteiger partial charge is 0.260 e. The third-order valence-electron chi connectivity index (χ3n) is 5.12. The van der Waals surface area contributed by atoms with Gasteiger partial charge in [-0.15, -0.1) is 0 Å². The molecular weight excluding hydrogens is 348 g/mol. The molecule has 0 unspecified atom stereocenters. The predicted octanol–water partition coefficient (Wildman–Crippen LogP) is 1.41. The number of carbonyl (C=O) groups excluding carboxylic acids is 1. The molecule has 3 rings (SSSR count). The SMILES string of the molecule is COc1cccc(OCC(=O)N(CCN2CCOCC2)C2CCOCC2)c1. The first-order valence-corrected chi connectivity index (χ1v) is 9.70. The van der Waals surface area contributed by atoms with Gasteiger partial charge in [-0.05, 0) is 25.0 Å². The Morgan fingerprint density at radius 2 is 1.85 bits per heavy atom. The second-order valence-electron chi connectivity index (χ2n) is 6.85. The van der Waals surface area contributed by atoms with E-state index in [4.69, 9.17) is 18.9 Å². The lowest BCUT2D eigenvalue weighted by Crippen LogP contribution is -2.49. The van der Waals surface area contributed by atoms with Gasteiger partial charge in [0.25, 0.3) is 5.91 Å². The first-order valence-electron chi connectivity index (χ1n) is 9.70. The highest BCUT2D eigenvalue weighted by Gasteiger charge is 2.26. The number of carbonyl (C=O) groups is 1. The van der Waals surface area contributed by atoms with Gasteiger partial charge in [0.05, 0.1) is 20.3 Å². The molecule has 0 aliphatic carbocycles. The molecule has 1 aromatic rings. The highest BCUT2D eigenvalue weighted by Crippen LogP contribution is 2.20. The molecular formula is C20H30N2O5. The van der Waals surface area contributed by atoms with Crippen molar-refractivity contribution in [2.75, 3.05) is 66.3 Å². The number of morpholine rings is 1. The van der Waals surface area contributed by atoms with Crippen LogP contribution in [-0.4, -0.2) is 88.1 Å². The van der Waals surface area contributed by atoms with Gasteiger partial charge in [0, 0.05) is 51.5 Å². The minimum absolute atomic E-state index is 0.0259. The van der Waals surface area contributed by atoms with Crippen LogP contribution in [0.5, 0.6) is 11.5 Å². The van der Waals surface area contributed by atoms with Crippen molar-refractivity contribution in [3.63, 3.8) is 0 Å². The maximum absolute atomic E-state index is 12.9. The normalized spacial score (nSPS) is 18.9. The third kappa shape index (κ3) is 6.09. The van der Waals surface area contributed by atoms with E-state index in [1.165, 1.54) is 0 Å². The first kappa shape index (κ1) is 19.9. The molecule has 0 atom stereocenters. The average Bonchev–Trinajstić information content (AvgIpc) is 2.74. The van der Waals surface area contributed by atoms with Gasteiger partial charge < -0.3 is 23.8 Å². The zero-order valence-corrected chi connectivity index (χ0v) is 16.1. The van der Waals surface area contributed by atoms with Crippen LogP contribution in [0.2, 0.25) is 0 Å². The lowest BCUT2D eigenvalue weighted by Gasteiger charge is -2.36. The van der Waals surface area contributed by atoms with E-state index < -0.39 is 0 Å². The van der Waals surface area contributed by atoms with Crippen molar-refractivity contribution in [1.29, 1.82) is 0 Å². The molecule has 2 aliphatic rings. The molecule has 7 nitrogen and oxygen atoms in total. The summed E-state index contributed by atoms with van der Waals surface area (Å²) >= 11 is 0. The number of ether oxygens (including phenoxy) is 4. The Morgan fingerprint density at radius 1 is 1.15 bits per heavy atom. The van der Waals surface area contributed by atoms with Crippen LogP contribution in [0.4, 0.5) is 0 Å². The van der Waals surface area contributed by atoms with Crippen LogP contribution in [0.15, 0.2) is 24.3 Å². The number of amides is 1. The van der Waals surface area contributed by atoms with Gasteiger partial charge in [-0.1, -0.05) is 6.07 Å². The summed E-state index contributed by atoms with van der Waals surface area (Å²) in [5.74, 6) is 1.38. The van der Waals surface area contributed by atoms with Crippen molar-refractivity contribution in [2.24, 2.45) is 0 Å². The van der Waals surface area contributed by atoms with Crippen LogP contribution in [-0.2, 0) is 14.3 Å². The van der Waals surface area contributed by atoms with E-state index in [1.54, 1.807) is 13.2 Å². The third-order valence-corrected chi connectivity index (χ3v) is 5.12. The van der Waals surface area contributed by atoms with Crippen molar-refractivity contribution in [3.05, 3.63) is 24.3 Å². The summed E-state index contributed by atoms with van der Waals surface area (Å²) in [6.07, 6.45) is 1.77. The molecule has 0 N–H and O–H groups in total. The van der Waals surface area contributed by atoms with Crippen LogP contribution >= 0.6 is 0 Å². The van der Waals surface area contributed by atoms with Crippen LogP contribution in [0.1, 0.15) is 12.8 Å². The summed E-state index contributed by atoms with van der Waals surface area (Å²) in [5, 5.41) is 0. The van der Waals surface area contributed by atoms with Gasteiger partial charge in [0.2, 0.25) is 0 Å². The molecule has 2 fully saturated rings. The molecule has 0 aromatic heterocycles. The molecule has 27 heavy (non-hydrogen) atoms. The highest BCUT2D eigenvalue weighted by atomic mass is 16.5. The van der Waals surface area contributed by atoms with Crippen molar-refractivity contribution in [1.82, 2.24) is 9.80 Å². The van der Waals surface area contributed by atoms with Crippen molar-refractivity contribution in [2.45, 2.75) is 18.9 Å². The number of rotatable bonds is 8. The standard InChI is InChI=1S/C20H30N2O5/c1-24-18-3-2-4-19(15-18)27-16-20(23)22(17-5-11-25-12-6-17)8-7-21-9-13-26-14-10-21/h2-4,15,17H,5-14,16H2,1H3. The molecule has 7 heteroatoms. The summed E-state index contributed by atoms with van der Waals surface area (Å²) in [7, 11) is 1.61. The lowest BCUT2D eigenvalue weighted by molar-refractivity contribution is -0.138. The fourth-order valence-electron chi connectivity index (χ4n) is 3.50. The Morgan fingerprint density at radius 3 is 2.59 bits per heavy atom. The zero-order chi connectivity index (χ0) is 18.9. The van der Waals surface area contributed by atoms with Gasteiger partial charge in [-0.2, -0.15) is 0 Å². The summed E-state index contributed by atoms with van der Waals surface area (Å²) < 4.78 is 21.8. The number of benzene rings is 1. The number of nitrogens with zero attached hydrogens (tertiary/aromatic N) is 2. The Bertz CT molecular complexity index is 585. The maximum atomic E-state index is 12.9. The summed E-state index contributed by atoms with van der Waals surface area (Å²) in [6, 6.07) is 7.56. The quantitative estimate of drug-likeness (QED) is 0.682. The summed E-state index contributed by atoms with van der Waals surface area (Å²) in [6.45, 7) is 6.43. The molecule has 0 radical (unpaired) electrons. The van der Waals surface area contributed by atoms with Gasteiger partial charge in [0.15, 0.2) is 6.61 Å². The monoisotopic (exact) mass is 378 g/mol. The Kier molecular flexibility index (Phi) is 7.74. The van der Waals surface area contributed by atoms with E-state index in [2.05, 4.69) is 4.90 Å². The maximum Gasteiger partial charge on any atom is 0.260 e. The second-order valence-corrected chi connectivity index (χ2v) is 6.85. The van der Waals surface area contributed by atoms with Crippen LogP contribution in [0.3, 0.4) is 0 Å². The topological polar surface area (TPSA) is 60.5 Å². The van der Waals surface area contributed by atoms with Crippen LogP contribution in [0.25, 0.3) is 0 Å². The van der Waals surface area contributed by atoms with E-state index in [-0.39, 0.29) is 18.6 Å². The van der Waals surface area contributed by atoms with Crippen LogP contribution < -0.4 is 9.47 Å². The predicted molar refractivity (Wildman–Crippen MR) is 101 cm³/mol. The first-order chi connectivity index (χ1) is 13.3. The van der Waals surface area contributed by atoms with E-state index in [1.807, 2.05) is 23.1 Å². The van der Waals surface area contributed by atoms with Crippen LogP contribution in [0, 0.1) is 0 Å². The Labute approximate surface area is 161 Å². The molecule has 0 bridgehead atoms. The fraction of sp³-hybridized carbons (Fsp3) is 0.650. The molecule has 2 aliphatic heterocycles. The zero-order valence-electron chi connectivity index (χ0n) is 16.1. The second kappa shape index (κ2) is 10.5. The molecule has 1 amide bonds. The fourth-order valence-corrected chi connectivity index (χ4v) is 3.50. The number of hydrogen-bond donors (Lipinski definition) is 0. The van der Waals surface area contributed by atoms with Crippen molar-refractivity contribution >= 4 is 5.91 Å². The van der Waals surface area contributed by atoms with Crippen molar-refractivity contribution < 1.29 is 23.7 Å². The summed E-state index contributed by atoms with van der Waals surface area (Å²) in [4.78, 5) is 17.3. The largest absolute Gasteiger partial charge is 0.497 e. The molecule has 0 saturated carbocycles. The minimum Gasteiger partial charge on any atom is -0.497 e. The number of hydrogen-bond acceptors (Lipinski definition) is 6. The van der Waals surface area contributed by atoms with E-state index in [0.29, 0.717) is 31.3 Å². The Hall–Kier alpha value is -1.83. The van der Waals surface area contributed by atoms with Crippen molar-refractivity contribution in [3.8, 4) is 11.5 Å². The molecule has 1 aromatic carbocycles. The molecule has 150 valence electrons. The average molecular weight is 378 g/mol. The van der Waals surface area contributed by atoms with Gasteiger partial charge in [-0.3, -0.25) is 9.69 Å². The van der Waals surface area contributed by atoms with Gasteiger partial charge in [-0.25, -0.2) is 0 Å². The van der Waals surface area contributed by atoms with E-state index in [0.717, 1.165) is 45.7 Å². The van der Waals surface area contributed by atoms with E-state index in [9.17, 15) is 4.79 Å². The van der Waals surface area contributed by atoms with Gasteiger partial charge >= 0.3 is 0 Å². The number of methoxy groups -OCH3 is 1. The van der Waals surface area contributed by atoms with Gasteiger partial charge in [0.1, 0.15) is 11.5 Å². The summed E-state index contributed by atoms with van der Waals surface area (Å²) in [5.41, 5.74) is 0. The molecule has 2 heterocycles. The highest BCUT2D eigenvalue weighted by molar-refractivity contribution is 5.78. The lowest BCUT2D eigenvalue weighted by atomic mass is 10.1. The van der Waals surface area contributed by atoms with E-state index >= 15 is 0 Å². The Balaban J connectivity index is 1.56.